The van der Waals surface area contributed by atoms with Crippen LogP contribution in [0.4, 0.5) is 0 Å². The van der Waals surface area contributed by atoms with E-state index < -0.39 is 0 Å². The van der Waals surface area contributed by atoms with Crippen molar-refractivity contribution >= 4 is 11.0 Å². The summed E-state index contributed by atoms with van der Waals surface area (Å²) in [6, 6.07) is 8.24. The highest BCUT2D eigenvalue weighted by atomic mass is 16.3. The predicted octanol–water partition coefficient (Wildman–Crippen LogP) is 2.55. The summed E-state index contributed by atoms with van der Waals surface area (Å²) in [5.41, 5.74) is 2.23. The van der Waals surface area contributed by atoms with Crippen LogP contribution >= 0.6 is 0 Å². The van der Waals surface area contributed by atoms with Crippen LogP contribution in [0.15, 0.2) is 24.3 Å². The van der Waals surface area contributed by atoms with Gasteiger partial charge in [0.25, 0.3) is 0 Å². The summed E-state index contributed by atoms with van der Waals surface area (Å²) in [4.78, 5) is 4.69. The van der Waals surface area contributed by atoms with Crippen molar-refractivity contribution < 1.29 is 5.11 Å². The van der Waals surface area contributed by atoms with E-state index in [9.17, 15) is 5.11 Å². The molecule has 1 aromatic carbocycles. The van der Waals surface area contributed by atoms with Crippen molar-refractivity contribution in [2.45, 2.75) is 46.4 Å². The second kappa shape index (κ2) is 6.86. The molecule has 0 saturated carbocycles. The summed E-state index contributed by atoms with van der Waals surface area (Å²) in [7, 11) is 0. The first-order chi connectivity index (χ1) is 9.63. The van der Waals surface area contributed by atoms with Gasteiger partial charge in [-0.1, -0.05) is 32.9 Å². The molecule has 2 aromatic rings. The average Bonchev–Trinajstić information content (AvgIpc) is 2.77. The molecule has 4 heteroatoms. The molecule has 0 aliphatic heterocycles. The Morgan fingerprint density at radius 1 is 1.30 bits per heavy atom. The highest BCUT2D eigenvalue weighted by Crippen LogP contribution is 2.16. The van der Waals surface area contributed by atoms with E-state index in [0.29, 0.717) is 13.1 Å². The van der Waals surface area contributed by atoms with Crippen LogP contribution in [0, 0.1) is 5.92 Å². The van der Waals surface area contributed by atoms with Crippen LogP contribution in [0.1, 0.15) is 33.0 Å². The van der Waals surface area contributed by atoms with Gasteiger partial charge in [-0.15, -0.1) is 0 Å². The van der Waals surface area contributed by atoms with Gasteiger partial charge in [0.15, 0.2) is 0 Å². The first-order valence-corrected chi connectivity index (χ1v) is 7.46. The molecule has 0 spiro atoms. The van der Waals surface area contributed by atoms with Gasteiger partial charge in [-0.05, 0) is 24.5 Å². The molecule has 4 nitrogen and oxygen atoms in total. The molecule has 1 atom stereocenters. The molecule has 1 heterocycles. The molecule has 0 aliphatic rings. The summed E-state index contributed by atoms with van der Waals surface area (Å²) >= 11 is 0. The molecule has 110 valence electrons. The number of benzene rings is 1. The maximum absolute atomic E-state index is 9.83. The number of rotatable bonds is 7. The van der Waals surface area contributed by atoms with Crippen LogP contribution in [-0.4, -0.2) is 27.3 Å². The fraction of sp³-hybridized carbons (Fsp3) is 0.562. The largest absolute Gasteiger partial charge is 0.392 e. The van der Waals surface area contributed by atoms with E-state index in [1.807, 2.05) is 26.0 Å². The molecule has 1 unspecified atom stereocenters. The Morgan fingerprint density at radius 3 is 2.75 bits per heavy atom. The van der Waals surface area contributed by atoms with Crippen molar-refractivity contribution in [2.75, 3.05) is 6.54 Å². The molecular formula is C16H25N3O. The molecule has 0 bridgehead atoms. The zero-order valence-corrected chi connectivity index (χ0v) is 12.6. The summed E-state index contributed by atoms with van der Waals surface area (Å²) in [6.45, 7) is 8.50. The molecule has 0 radical (unpaired) electrons. The third-order valence-corrected chi connectivity index (χ3v) is 3.59. The van der Waals surface area contributed by atoms with Crippen molar-refractivity contribution in [1.82, 2.24) is 14.9 Å². The number of aromatic nitrogens is 2. The van der Waals surface area contributed by atoms with E-state index in [4.69, 9.17) is 4.98 Å². The molecule has 0 saturated heterocycles. The first-order valence-electron chi connectivity index (χ1n) is 7.46. The minimum atomic E-state index is -0.306. The van der Waals surface area contributed by atoms with Gasteiger partial charge in [0.2, 0.25) is 0 Å². The number of imidazole rings is 1. The monoisotopic (exact) mass is 275 g/mol. The molecule has 2 N–H and O–H groups in total. The van der Waals surface area contributed by atoms with E-state index in [1.165, 1.54) is 5.52 Å². The number of aliphatic hydroxyl groups excluding tert-OH is 1. The molecule has 0 fully saturated rings. The zero-order valence-electron chi connectivity index (χ0n) is 12.6. The fourth-order valence-corrected chi connectivity index (χ4v) is 2.30. The highest BCUT2D eigenvalue weighted by Gasteiger charge is 2.11. The second-order valence-corrected chi connectivity index (χ2v) is 5.61. The lowest BCUT2D eigenvalue weighted by atomic mass is 10.1. The minimum absolute atomic E-state index is 0.275. The molecular weight excluding hydrogens is 250 g/mol. The Labute approximate surface area is 120 Å². The number of nitrogens with zero attached hydrogens (tertiary/aromatic N) is 2. The van der Waals surface area contributed by atoms with Gasteiger partial charge in [-0.25, -0.2) is 4.98 Å². The van der Waals surface area contributed by atoms with Gasteiger partial charge in [-0.3, -0.25) is 0 Å². The van der Waals surface area contributed by atoms with Crippen LogP contribution in [0.3, 0.4) is 0 Å². The number of aryl methyl sites for hydroxylation is 1. The van der Waals surface area contributed by atoms with Crippen molar-refractivity contribution in [2.24, 2.45) is 5.92 Å². The Hall–Kier alpha value is -1.39. The van der Waals surface area contributed by atoms with Crippen LogP contribution in [0.25, 0.3) is 11.0 Å². The Bertz CT molecular complexity index is 548. The van der Waals surface area contributed by atoms with Gasteiger partial charge in [0, 0.05) is 13.1 Å². The topological polar surface area (TPSA) is 50.1 Å². The maximum atomic E-state index is 9.83. The third kappa shape index (κ3) is 3.38. The smallest absolute Gasteiger partial charge is 0.123 e. The fourth-order valence-electron chi connectivity index (χ4n) is 2.30. The van der Waals surface area contributed by atoms with Gasteiger partial charge in [0.05, 0.1) is 23.7 Å². The van der Waals surface area contributed by atoms with E-state index in [2.05, 4.69) is 28.9 Å². The Kier molecular flexibility index (Phi) is 5.15. The number of para-hydroxylation sites is 2. The molecule has 0 aliphatic carbocycles. The maximum Gasteiger partial charge on any atom is 0.123 e. The Balaban J connectivity index is 2.10. The van der Waals surface area contributed by atoms with Crippen LogP contribution in [0.5, 0.6) is 0 Å². The Morgan fingerprint density at radius 2 is 2.05 bits per heavy atom. The van der Waals surface area contributed by atoms with Gasteiger partial charge < -0.3 is 15.0 Å². The summed E-state index contributed by atoms with van der Waals surface area (Å²) in [5.74, 6) is 1.32. The quantitative estimate of drug-likeness (QED) is 0.816. The summed E-state index contributed by atoms with van der Waals surface area (Å²) < 4.78 is 2.27. The number of hydrogen-bond donors (Lipinski definition) is 2. The zero-order chi connectivity index (χ0) is 14.5. The van der Waals surface area contributed by atoms with Crippen LogP contribution < -0.4 is 5.32 Å². The lowest BCUT2D eigenvalue weighted by Gasteiger charge is -2.15. The van der Waals surface area contributed by atoms with E-state index >= 15 is 0 Å². The summed E-state index contributed by atoms with van der Waals surface area (Å²) in [6.07, 6.45) is 0.779. The number of nitrogens with one attached hydrogen (secondary N) is 1. The lowest BCUT2D eigenvalue weighted by Crippen LogP contribution is -2.31. The van der Waals surface area contributed by atoms with Gasteiger partial charge >= 0.3 is 0 Å². The van der Waals surface area contributed by atoms with Gasteiger partial charge in [-0.2, -0.15) is 0 Å². The van der Waals surface area contributed by atoms with Crippen molar-refractivity contribution in [3.05, 3.63) is 30.1 Å². The normalized spacial score (nSPS) is 13.2. The molecule has 20 heavy (non-hydrogen) atoms. The van der Waals surface area contributed by atoms with Gasteiger partial charge in [0.1, 0.15) is 5.82 Å². The first kappa shape index (κ1) is 15.0. The number of hydrogen-bond acceptors (Lipinski definition) is 3. The van der Waals surface area contributed by atoms with E-state index in [1.54, 1.807) is 0 Å². The average molecular weight is 275 g/mol. The summed E-state index contributed by atoms with van der Waals surface area (Å²) in [5, 5.41) is 13.1. The van der Waals surface area contributed by atoms with Crippen molar-refractivity contribution in [3.63, 3.8) is 0 Å². The number of fused-ring (bicyclic) bond motifs is 1. The standard InChI is InChI=1S/C16H25N3O/c1-4-9-19-14-8-6-5-7-13(14)18-16(19)11-17-10-15(20)12(2)3/h5-8,12,15,17,20H,4,9-11H2,1-3H3. The lowest BCUT2D eigenvalue weighted by molar-refractivity contribution is 0.123. The predicted molar refractivity (Wildman–Crippen MR) is 82.6 cm³/mol. The minimum Gasteiger partial charge on any atom is -0.392 e. The highest BCUT2D eigenvalue weighted by molar-refractivity contribution is 5.75. The van der Waals surface area contributed by atoms with Crippen molar-refractivity contribution in [1.29, 1.82) is 0 Å². The van der Waals surface area contributed by atoms with Crippen LogP contribution in [-0.2, 0) is 13.1 Å². The van der Waals surface area contributed by atoms with Crippen LogP contribution in [0.2, 0.25) is 0 Å². The van der Waals surface area contributed by atoms with E-state index in [-0.39, 0.29) is 12.0 Å². The molecule has 1 aromatic heterocycles. The second-order valence-electron chi connectivity index (χ2n) is 5.61. The number of aliphatic hydroxyl groups is 1. The molecule has 0 amide bonds. The van der Waals surface area contributed by atoms with E-state index in [0.717, 1.165) is 24.3 Å². The SMILES string of the molecule is CCCn1c(CNCC(O)C(C)C)nc2ccccc21. The molecule has 2 rings (SSSR count). The van der Waals surface area contributed by atoms with Crippen molar-refractivity contribution in [3.8, 4) is 0 Å². The third-order valence-electron chi connectivity index (χ3n) is 3.59.